The van der Waals surface area contributed by atoms with Gasteiger partial charge in [0.15, 0.2) is 0 Å². The third kappa shape index (κ3) is 8.97. The van der Waals surface area contributed by atoms with E-state index in [9.17, 15) is 36.7 Å². The van der Waals surface area contributed by atoms with Gasteiger partial charge in [0.25, 0.3) is 0 Å². The molecule has 6 fully saturated rings. The molecule has 2 saturated heterocycles. The highest BCUT2D eigenvalue weighted by atomic mass is 35.5. The maximum atomic E-state index is 14.3. The highest BCUT2D eigenvalue weighted by molar-refractivity contribution is 6.32. The molecular formula is C48H53ClF4N8O6. The van der Waals surface area contributed by atoms with Crippen LogP contribution < -0.4 is 10.6 Å². The fourth-order valence-corrected chi connectivity index (χ4v) is 11.6. The zero-order valence-electron chi connectivity index (χ0n) is 37.1. The second-order valence-corrected chi connectivity index (χ2v) is 19.7. The minimum absolute atomic E-state index is 0.000248. The summed E-state index contributed by atoms with van der Waals surface area (Å²) in [6.07, 6.45) is 2.30. The van der Waals surface area contributed by atoms with Crippen LogP contribution in [0.3, 0.4) is 0 Å². The summed E-state index contributed by atoms with van der Waals surface area (Å²) >= 11 is 6.78. The number of likely N-dealkylation sites (tertiary alicyclic amines) is 2. The molecule has 14 nitrogen and oxygen atoms in total. The van der Waals surface area contributed by atoms with Crippen molar-refractivity contribution in [2.45, 2.75) is 125 Å². The van der Waals surface area contributed by atoms with Crippen molar-refractivity contribution >= 4 is 35.6 Å². The van der Waals surface area contributed by atoms with Gasteiger partial charge >= 0.3 is 12.2 Å². The van der Waals surface area contributed by atoms with Gasteiger partial charge in [-0.3, -0.25) is 9.59 Å². The van der Waals surface area contributed by atoms with Gasteiger partial charge in [-0.15, -0.1) is 0 Å². The first-order valence-corrected chi connectivity index (χ1v) is 23.6. The second kappa shape index (κ2) is 17.5. The number of fused-ring (bicyclic) bond motifs is 2. The fraction of sp³-hybridized carbons (Fsp3) is 0.542. The van der Waals surface area contributed by atoms with Crippen molar-refractivity contribution in [3.8, 4) is 33.6 Å². The van der Waals surface area contributed by atoms with Gasteiger partial charge in [0.1, 0.15) is 34.6 Å². The third-order valence-electron chi connectivity index (χ3n) is 15.2. The van der Waals surface area contributed by atoms with Crippen molar-refractivity contribution in [2.75, 3.05) is 14.2 Å². The number of hydrogen-bond donors (Lipinski definition) is 4. The first kappa shape index (κ1) is 45.1. The standard InChI is InChI=1S/C48H53ClF4N8O6/c1-66-45(64)57-38(28-11-15-47(50,51)16-12-28)43(62)60-33-19-30(33)21-35(60)41-54-23-32(55-41)26-7-3-24(4-8-26)25-5-9-27(10-6-25)37-40(49)59-42(56-37)36-22-31-20-34(31)61(36)44(63)39(58-46(65)67-2)29-13-17-48(52,53)18-14-29/h3-10,23,28-31,33-36,38-39H,11-22H2,1-2H3,(H,54,55)(H,56,59)(H,57,64)(H,58,65)/t30-,31-,33-,34-,35+,36+,38+,39+/m1/s1. The van der Waals surface area contributed by atoms with E-state index in [0.29, 0.717) is 41.3 Å². The maximum absolute atomic E-state index is 14.3. The van der Waals surface area contributed by atoms with Crippen molar-refractivity contribution in [3.05, 3.63) is 71.5 Å². The number of nitrogens with one attached hydrogen (secondary N) is 4. The van der Waals surface area contributed by atoms with Crippen LogP contribution in [-0.4, -0.2) is 104 Å². The summed E-state index contributed by atoms with van der Waals surface area (Å²) in [6, 6.07) is 12.9. The van der Waals surface area contributed by atoms with Crippen molar-refractivity contribution < 1.29 is 46.2 Å². The molecule has 4 N–H and O–H groups in total. The van der Waals surface area contributed by atoms with E-state index in [1.165, 1.54) is 14.2 Å². The number of aromatic nitrogens is 4. The Hall–Kier alpha value is -5.65. The molecule has 10 rings (SSSR count). The molecule has 356 valence electrons. The molecule has 0 unspecified atom stereocenters. The van der Waals surface area contributed by atoms with E-state index in [-0.39, 0.29) is 87.2 Å². The van der Waals surface area contributed by atoms with Gasteiger partial charge in [0, 0.05) is 43.3 Å². The number of piperidine rings is 2. The van der Waals surface area contributed by atoms with Crippen LogP contribution in [0.5, 0.6) is 0 Å². The largest absolute Gasteiger partial charge is 0.453 e. The molecular weight excluding hydrogens is 896 g/mol. The zero-order valence-corrected chi connectivity index (χ0v) is 37.8. The summed E-state index contributed by atoms with van der Waals surface area (Å²) in [5, 5.41) is 5.65. The van der Waals surface area contributed by atoms with Crippen LogP contribution in [0.25, 0.3) is 33.6 Å². The normalized spacial score (nSPS) is 27.1. The van der Waals surface area contributed by atoms with Crippen LogP contribution in [0.1, 0.15) is 101 Å². The Morgan fingerprint density at radius 1 is 0.657 bits per heavy atom. The van der Waals surface area contributed by atoms with Gasteiger partial charge < -0.3 is 39.9 Å². The molecule has 67 heavy (non-hydrogen) atoms. The number of H-pyrrole nitrogens is 2. The van der Waals surface area contributed by atoms with Gasteiger partial charge in [-0.1, -0.05) is 60.1 Å². The molecule has 4 amide bonds. The summed E-state index contributed by atoms with van der Waals surface area (Å²) in [6.45, 7) is 0. The number of rotatable bonds is 11. The number of ether oxygens (including phenoxy) is 2. The predicted octanol–water partition coefficient (Wildman–Crippen LogP) is 9.21. The Morgan fingerprint density at radius 3 is 1.55 bits per heavy atom. The van der Waals surface area contributed by atoms with E-state index >= 15 is 0 Å². The number of imidazole rings is 2. The molecule has 4 heterocycles. The Bertz CT molecular complexity index is 2520. The predicted molar refractivity (Wildman–Crippen MR) is 237 cm³/mol. The molecule has 0 radical (unpaired) electrons. The maximum Gasteiger partial charge on any atom is 0.407 e. The van der Waals surface area contributed by atoms with Crippen molar-refractivity contribution in [2.24, 2.45) is 23.7 Å². The summed E-state index contributed by atoms with van der Waals surface area (Å²) in [4.78, 5) is 73.1. The van der Waals surface area contributed by atoms with Crippen LogP contribution in [0.15, 0.2) is 54.7 Å². The number of alkyl carbamates (subject to hydrolysis) is 2. The van der Waals surface area contributed by atoms with Gasteiger partial charge in [-0.25, -0.2) is 37.1 Å². The van der Waals surface area contributed by atoms with Crippen LogP contribution in [-0.2, 0) is 19.1 Å². The molecule has 4 saturated carbocycles. The van der Waals surface area contributed by atoms with E-state index in [1.54, 1.807) is 16.0 Å². The van der Waals surface area contributed by atoms with Crippen molar-refractivity contribution in [1.82, 2.24) is 40.4 Å². The number of hydrogen-bond acceptors (Lipinski definition) is 8. The second-order valence-electron chi connectivity index (χ2n) is 19.4. The molecule has 2 aliphatic heterocycles. The van der Waals surface area contributed by atoms with Crippen LogP contribution in [0.2, 0.25) is 5.15 Å². The van der Waals surface area contributed by atoms with E-state index < -0.39 is 54.0 Å². The number of carbonyl (C=O) groups is 4. The highest BCUT2D eigenvalue weighted by Crippen LogP contribution is 2.55. The third-order valence-corrected chi connectivity index (χ3v) is 15.5. The minimum Gasteiger partial charge on any atom is -0.453 e. The summed E-state index contributed by atoms with van der Waals surface area (Å²) in [7, 11) is 2.42. The van der Waals surface area contributed by atoms with Gasteiger partial charge in [0.05, 0.1) is 38.2 Å². The Morgan fingerprint density at radius 2 is 1.09 bits per heavy atom. The van der Waals surface area contributed by atoms with Gasteiger partial charge in [0.2, 0.25) is 23.7 Å². The lowest BCUT2D eigenvalue weighted by Crippen LogP contribution is -2.54. The molecule has 4 aromatic rings. The Labute approximate surface area is 389 Å². The molecule has 0 spiro atoms. The number of halogens is 5. The van der Waals surface area contributed by atoms with Crippen LogP contribution in [0, 0.1) is 23.7 Å². The molecule has 19 heteroatoms. The fourth-order valence-electron chi connectivity index (χ4n) is 11.3. The molecule has 6 aliphatic rings. The average molecular weight is 949 g/mol. The number of amides is 4. The summed E-state index contributed by atoms with van der Waals surface area (Å²) in [5.74, 6) is -5.37. The highest BCUT2D eigenvalue weighted by Gasteiger charge is 2.58. The van der Waals surface area contributed by atoms with Crippen LogP contribution in [0.4, 0.5) is 27.2 Å². The first-order valence-electron chi connectivity index (χ1n) is 23.2. The molecule has 8 atom stereocenters. The van der Waals surface area contributed by atoms with Crippen molar-refractivity contribution in [3.63, 3.8) is 0 Å². The molecule has 2 aromatic heterocycles. The molecule has 2 aromatic carbocycles. The number of carbonyl (C=O) groups excluding carboxylic acids is 4. The van der Waals surface area contributed by atoms with Crippen LogP contribution >= 0.6 is 11.6 Å². The van der Waals surface area contributed by atoms with Gasteiger partial charge in [-0.2, -0.15) is 0 Å². The average Bonchev–Trinajstić information content (AvgIpc) is 3.97. The number of aromatic amines is 2. The summed E-state index contributed by atoms with van der Waals surface area (Å²) in [5.41, 5.74) is 4.83. The van der Waals surface area contributed by atoms with E-state index in [4.69, 9.17) is 31.0 Å². The lowest BCUT2D eigenvalue weighted by Gasteiger charge is -2.37. The minimum atomic E-state index is -2.79. The van der Waals surface area contributed by atoms with E-state index in [0.717, 1.165) is 40.8 Å². The monoisotopic (exact) mass is 948 g/mol. The Balaban J connectivity index is 0.812. The number of nitrogens with zero attached hydrogens (tertiary/aromatic N) is 4. The number of alkyl halides is 4. The number of benzene rings is 2. The topological polar surface area (TPSA) is 175 Å². The van der Waals surface area contributed by atoms with E-state index in [2.05, 4.69) is 20.6 Å². The lowest BCUT2D eigenvalue weighted by atomic mass is 9.81. The first-order chi connectivity index (χ1) is 32.1. The quantitative estimate of drug-likeness (QED) is 0.108. The molecule has 0 bridgehead atoms. The summed E-state index contributed by atoms with van der Waals surface area (Å²) < 4.78 is 66.0. The van der Waals surface area contributed by atoms with Gasteiger partial charge in [-0.05, 0) is 91.7 Å². The van der Waals surface area contributed by atoms with Crippen molar-refractivity contribution in [1.29, 1.82) is 0 Å². The number of methoxy groups -OCH3 is 2. The Kier molecular flexibility index (Phi) is 11.8. The lowest BCUT2D eigenvalue weighted by molar-refractivity contribution is -0.139. The van der Waals surface area contributed by atoms with E-state index in [1.807, 2.05) is 48.5 Å². The SMILES string of the molecule is COC(=O)N[C@H](C(=O)N1[C@@H]2C[C@@H]2C[C@H]1c1ncc(-c2ccc(-c3ccc(-c4nc([C@@H]5C[C@H]6C[C@H]6N5C(=O)[C@@H](NC(=O)OC)C5CCC(F)(F)CC5)[nH]c4Cl)cc3)cc2)[nH]1)C1CCC(F)(F)CC1. The smallest absolute Gasteiger partial charge is 0.407 e. The molecule has 4 aliphatic carbocycles. The zero-order chi connectivity index (χ0) is 46.9.